The average Bonchev–Trinajstić information content (AvgIpc) is 3.21. The first-order chi connectivity index (χ1) is 15.2. The molecule has 4 heteroatoms. The van der Waals surface area contributed by atoms with Gasteiger partial charge in [-0.2, -0.15) is 0 Å². The third-order valence-corrected chi connectivity index (χ3v) is 6.00. The highest BCUT2D eigenvalue weighted by atomic mass is 16.6. The molecule has 4 nitrogen and oxygen atoms in total. The van der Waals surface area contributed by atoms with E-state index < -0.39 is 11.9 Å². The summed E-state index contributed by atoms with van der Waals surface area (Å²) >= 11 is 0. The van der Waals surface area contributed by atoms with Crippen molar-refractivity contribution >= 4 is 22.7 Å². The van der Waals surface area contributed by atoms with Gasteiger partial charge in [-0.3, -0.25) is 4.79 Å². The molecule has 172 valence electrons. The zero-order valence-corrected chi connectivity index (χ0v) is 19.4. The number of esters is 2. The Hall–Kier alpha value is -2.10. The number of carbonyl (C=O) groups excluding carboxylic acids is 2. The van der Waals surface area contributed by atoms with Gasteiger partial charge >= 0.3 is 11.9 Å². The monoisotopic (exact) mass is 427 g/mol. The van der Waals surface area contributed by atoms with Crippen LogP contribution < -0.4 is 0 Å². The van der Waals surface area contributed by atoms with Gasteiger partial charge in [-0.25, -0.2) is 4.79 Å². The van der Waals surface area contributed by atoms with Crippen molar-refractivity contribution in [2.24, 2.45) is 0 Å². The van der Waals surface area contributed by atoms with E-state index in [1.54, 1.807) is 6.20 Å². The number of unbranched alkanes of at least 4 members (excludes halogenated alkanes) is 14. The molecule has 0 bridgehead atoms. The maximum absolute atomic E-state index is 12.2. The van der Waals surface area contributed by atoms with Crippen LogP contribution in [0.25, 0.3) is 10.8 Å². The second kappa shape index (κ2) is 15.7. The number of H-pyrrole nitrogens is 1. The molecule has 0 fully saturated rings. The van der Waals surface area contributed by atoms with Gasteiger partial charge in [-0.1, -0.05) is 121 Å². The molecule has 0 aliphatic carbocycles. The van der Waals surface area contributed by atoms with Crippen LogP contribution in [0, 0.1) is 0 Å². The number of hydrogen-bond acceptors (Lipinski definition) is 3. The summed E-state index contributed by atoms with van der Waals surface area (Å²) < 4.78 is 5.01. The standard InChI is InChI=1S/C27H41NO3/c1-2-3-4-5-6-7-8-9-10-11-12-13-14-15-16-21-25(29)31-27(30)26-24-20-18-17-19-23(24)22-28-26/h17-20,22,28H,2-16,21H2,1H3. The van der Waals surface area contributed by atoms with Gasteiger partial charge in [0.25, 0.3) is 0 Å². The van der Waals surface area contributed by atoms with Gasteiger partial charge in [0.1, 0.15) is 5.69 Å². The maximum atomic E-state index is 12.2. The molecule has 0 unspecified atom stereocenters. The summed E-state index contributed by atoms with van der Waals surface area (Å²) in [5.41, 5.74) is 0.348. The number of benzene rings is 1. The van der Waals surface area contributed by atoms with E-state index in [2.05, 4.69) is 11.9 Å². The lowest BCUT2D eigenvalue weighted by Crippen LogP contribution is -2.13. The van der Waals surface area contributed by atoms with Crippen LogP contribution in [-0.4, -0.2) is 16.9 Å². The minimum Gasteiger partial charge on any atom is -0.388 e. The predicted octanol–water partition coefficient (Wildman–Crippen LogP) is 8.11. The fourth-order valence-electron chi connectivity index (χ4n) is 4.09. The van der Waals surface area contributed by atoms with Gasteiger partial charge in [0.2, 0.25) is 0 Å². The number of nitrogens with one attached hydrogen (secondary N) is 1. The van der Waals surface area contributed by atoms with Crippen molar-refractivity contribution in [1.82, 2.24) is 4.98 Å². The quantitative estimate of drug-likeness (QED) is 0.157. The third-order valence-electron chi connectivity index (χ3n) is 6.00. The Morgan fingerprint density at radius 1 is 0.742 bits per heavy atom. The highest BCUT2D eigenvalue weighted by Gasteiger charge is 2.16. The Kier molecular flexibility index (Phi) is 12.7. The van der Waals surface area contributed by atoms with Crippen LogP contribution in [0.2, 0.25) is 0 Å². The smallest absolute Gasteiger partial charge is 0.363 e. The molecule has 1 aromatic heterocycles. The summed E-state index contributed by atoms with van der Waals surface area (Å²) in [6.45, 7) is 2.27. The second-order valence-electron chi connectivity index (χ2n) is 8.71. The summed E-state index contributed by atoms with van der Waals surface area (Å²) in [5, 5.41) is 1.72. The molecule has 2 aromatic rings. The minimum absolute atomic E-state index is 0.308. The molecule has 1 heterocycles. The molecule has 0 atom stereocenters. The van der Waals surface area contributed by atoms with E-state index in [1.807, 2.05) is 24.3 Å². The van der Waals surface area contributed by atoms with Gasteiger partial charge in [0, 0.05) is 23.4 Å². The lowest BCUT2D eigenvalue weighted by atomic mass is 10.0. The van der Waals surface area contributed by atoms with Gasteiger partial charge in [0.15, 0.2) is 0 Å². The van der Waals surface area contributed by atoms with Crippen LogP contribution in [-0.2, 0) is 9.53 Å². The van der Waals surface area contributed by atoms with Crippen molar-refractivity contribution in [3.05, 3.63) is 36.2 Å². The maximum Gasteiger partial charge on any atom is 0.363 e. The summed E-state index contributed by atoms with van der Waals surface area (Å²) in [6.07, 6.45) is 21.4. The Labute approximate surface area is 188 Å². The first kappa shape index (κ1) is 25.2. The van der Waals surface area contributed by atoms with Gasteiger partial charge < -0.3 is 9.72 Å². The highest BCUT2D eigenvalue weighted by Crippen LogP contribution is 2.19. The predicted molar refractivity (Wildman–Crippen MR) is 128 cm³/mol. The number of fused-ring (bicyclic) bond motifs is 1. The van der Waals surface area contributed by atoms with Gasteiger partial charge in [-0.15, -0.1) is 0 Å². The molecule has 0 saturated carbocycles. The molecule has 0 radical (unpaired) electrons. The molecule has 31 heavy (non-hydrogen) atoms. The van der Waals surface area contributed by atoms with Crippen molar-refractivity contribution in [3.63, 3.8) is 0 Å². The van der Waals surface area contributed by atoms with Crippen LogP contribution in [0.4, 0.5) is 0 Å². The first-order valence-electron chi connectivity index (χ1n) is 12.5. The third kappa shape index (κ3) is 10.2. The van der Waals surface area contributed by atoms with Gasteiger partial charge in [0.05, 0.1) is 0 Å². The average molecular weight is 428 g/mol. The van der Waals surface area contributed by atoms with Crippen LogP contribution in [0.15, 0.2) is 30.5 Å². The molecule has 1 aromatic carbocycles. The zero-order chi connectivity index (χ0) is 22.2. The lowest BCUT2D eigenvalue weighted by molar-refractivity contribution is -0.138. The van der Waals surface area contributed by atoms with Crippen molar-refractivity contribution < 1.29 is 14.3 Å². The Balaban J connectivity index is 1.41. The zero-order valence-electron chi connectivity index (χ0n) is 19.4. The summed E-state index contributed by atoms with van der Waals surface area (Å²) in [5.74, 6) is -1.02. The number of ether oxygens (including phenoxy) is 1. The molecule has 0 spiro atoms. The fourth-order valence-corrected chi connectivity index (χ4v) is 4.09. The Morgan fingerprint density at radius 3 is 1.84 bits per heavy atom. The number of aromatic amines is 1. The van der Waals surface area contributed by atoms with E-state index in [4.69, 9.17) is 4.74 Å². The van der Waals surface area contributed by atoms with Gasteiger partial charge in [-0.05, 0) is 6.42 Å². The summed E-state index contributed by atoms with van der Waals surface area (Å²) in [6, 6.07) is 7.54. The Morgan fingerprint density at radius 2 is 1.26 bits per heavy atom. The summed E-state index contributed by atoms with van der Waals surface area (Å²) in [7, 11) is 0. The van der Waals surface area contributed by atoms with E-state index >= 15 is 0 Å². The first-order valence-corrected chi connectivity index (χ1v) is 12.5. The van der Waals surface area contributed by atoms with Crippen molar-refractivity contribution in [2.45, 2.75) is 110 Å². The van der Waals surface area contributed by atoms with Crippen molar-refractivity contribution in [2.75, 3.05) is 0 Å². The second-order valence-corrected chi connectivity index (χ2v) is 8.71. The van der Waals surface area contributed by atoms with Crippen molar-refractivity contribution in [3.8, 4) is 0 Å². The highest BCUT2D eigenvalue weighted by molar-refractivity contribution is 6.06. The number of aromatic nitrogens is 1. The molecule has 0 saturated heterocycles. The van der Waals surface area contributed by atoms with Crippen LogP contribution in [0.5, 0.6) is 0 Å². The Bertz CT molecular complexity index is 765. The summed E-state index contributed by atoms with van der Waals surface area (Å²) in [4.78, 5) is 27.1. The van der Waals surface area contributed by atoms with E-state index in [0.29, 0.717) is 12.1 Å². The molecular formula is C27H41NO3. The van der Waals surface area contributed by atoms with Crippen LogP contribution in [0.3, 0.4) is 0 Å². The molecule has 0 aliphatic heterocycles. The number of carbonyl (C=O) groups is 2. The lowest BCUT2D eigenvalue weighted by Gasteiger charge is -2.04. The molecule has 0 amide bonds. The molecule has 2 rings (SSSR count). The normalized spacial score (nSPS) is 11.1. The van der Waals surface area contributed by atoms with Crippen LogP contribution in [0.1, 0.15) is 120 Å². The van der Waals surface area contributed by atoms with E-state index in [0.717, 1.165) is 30.0 Å². The topological polar surface area (TPSA) is 59.2 Å². The van der Waals surface area contributed by atoms with E-state index in [1.165, 1.54) is 77.0 Å². The van der Waals surface area contributed by atoms with E-state index in [9.17, 15) is 9.59 Å². The van der Waals surface area contributed by atoms with Crippen molar-refractivity contribution in [1.29, 1.82) is 0 Å². The molecule has 1 N–H and O–H groups in total. The largest absolute Gasteiger partial charge is 0.388 e. The molecular weight excluding hydrogens is 386 g/mol. The van der Waals surface area contributed by atoms with Crippen LogP contribution >= 0.6 is 0 Å². The number of rotatable bonds is 17. The number of hydrogen-bond donors (Lipinski definition) is 1. The van der Waals surface area contributed by atoms with E-state index in [-0.39, 0.29) is 0 Å². The SMILES string of the molecule is CCCCCCCCCCCCCCCCCC(=O)OC(=O)c1[nH]cc2ccccc12. The molecule has 0 aliphatic rings. The fraction of sp³-hybridized carbons (Fsp3) is 0.630. The minimum atomic E-state index is -0.591.